The van der Waals surface area contributed by atoms with Gasteiger partial charge < -0.3 is 9.73 Å². The Morgan fingerprint density at radius 1 is 1.30 bits per heavy atom. The van der Waals surface area contributed by atoms with E-state index < -0.39 is 0 Å². The van der Waals surface area contributed by atoms with Gasteiger partial charge in [-0.15, -0.1) is 0 Å². The first-order chi connectivity index (χ1) is 9.56. The van der Waals surface area contributed by atoms with Crippen LogP contribution >= 0.6 is 31.9 Å². The second-order valence-electron chi connectivity index (χ2n) is 4.59. The molecule has 1 aromatic heterocycles. The summed E-state index contributed by atoms with van der Waals surface area (Å²) < 4.78 is 20.0. The lowest BCUT2D eigenvalue weighted by atomic mass is 9.97. The van der Waals surface area contributed by atoms with Crippen LogP contribution in [-0.4, -0.2) is 5.91 Å². The van der Waals surface area contributed by atoms with Gasteiger partial charge in [0.1, 0.15) is 5.82 Å². The summed E-state index contributed by atoms with van der Waals surface area (Å²) in [5.41, 5.74) is 2.87. The van der Waals surface area contributed by atoms with Gasteiger partial charge in [-0.1, -0.05) is 15.9 Å². The van der Waals surface area contributed by atoms with Crippen LogP contribution in [0.3, 0.4) is 0 Å². The summed E-state index contributed by atoms with van der Waals surface area (Å²) in [5, 5.41) is 2.69. The number of hydrogen-bond acceptors (Lipinski definition) is 2. The predicted octanol–water partition coefficient (Wildman–Crippen LogP) is 4.55. The summed E-state index contributed by atoms with van der Waals surface area (Å²) >= 11 is 6.79. The highest BCUT2D eigenvalue weighted by Gasteiger charge is 2.23. The van der Waals surface area contributed by atoms with Crippen LogP contribution in [0.1, 0.15) is 27.9 Å². The van der Waals surface area contributed by atoms with Gasteiger partial charge in [-0.25, -0.2) is 4.39 Å². The molecule has 2 heterocycles. The van der Waals surface area contributed by atoms with E-state index in [9.17, 15) is 9.18 Å². The maximum Gasteiger partial charge on any atom is 0.224 e. The number of carbonyl (C=O) groups is 1. The van der Waals surface area contributed by atoms with E-state index >= 15 is 0 Å². The number of anilines is 1. The minimum absolute atomic E-state index is 0.0716. The van der Waals surface area contributed by atoms with Crippen molar-refractivity contribution in [2.24, 2.45) is 0 Å². The molecule has 0 radical (unpaired) electrons. The van der Waals surface area contributed by atoms with Crippen molar-refractivity contribution in [1.29, 1.82) is 0 Å². The molecule has 1 atom stereocenters. The van der Waals surface area contributed by atoms with E-state index in [1.54, 1.807) is 18.4 Å². The molecule has 1 aromatic carbocycles. The lowest BCUT2D eigenvalue weighted by molar-refractivity contribution is -0.116. The van der Waals surface area contributed by atoms with Crippen LogP contribution in [-0.2, 0) is 11.2 Å². The molecule has 1 amide bonds. The minimum Gasteiger partial charge on any atom is -0.457 e. The van der Waals surface area contributed by atoms with Crippen molar-refractivity contribution in [1.82, 2.24) is 0 Å². The molecular formula is C14H10Br2FNO2. The van der Waals surface area contributed by atoms with Crippen molar-refractivity contribution in [3.63, 3.8) is 0 Å². The predicted molar refractivity (Wildman–Crippen MR) is 80.5 cm³/mol. The Labute approximate surface area is 131 Å². The third-order valence-electron chi connectivity index (χ3n) is 3.31. The molecule has 0 saturated carbocycles. The molecule has 104 valence electrons. The van der Waals surface area contributed by atoms with E-state index in [-0.39, 0.29) is 16.6 Å². The average molecular weight is 403 g/mol. The van der Waals surface area contributed by atoms with Gasteiger partial charge in [0.05, 0.1) is 11.1 Å². The fourth-order valence-corrected chi connectivity index (χ4v) is 3.76. The Bertz CT molecular complexity index is 684. The second-order valence-corrected chi connectivity index (χ2v) is 6.23. The van der Waals surface area contributed by atoms with E-state index in [0.717, 1.165) is 11.1 Å². The molecule has 20 heavy (non-hydrogen) atoms. The van der Waals surface area contributed by atoms with Gasteiger partial charge >= 0.3 is 0 Å². The number of furan rings is 1. The summed E-state index contributed by atoms with van der Waals surface area (Å²) in [6, 6.07) is 4.96. The number of hydrogen-bond donors (Lipinski definition) is 1. The maximum absolute atomic E-state index is 14.3. The number of alkyl halides is 1. The van der Waals surface area contributed by atoms with E-state index in [4.69, 9.17) is 4.42 Å². The number of amides is 1. The van der Waals surface area contributed by atoms with Crippen LogP contribution in [0.25, 0.3) is 0 Å². The first kappa shape index (κ1) is 13.8. The number of rotatable bonds is 2. The normalized spacial score (nSPS) is 15.7. The van der Waals surface area contributed by atoms with Crippen LogP contribution < -0.4 is 5.32 Å². The van der Waals surface area contributed by atoms with Gasteiger partial charge in [-0.3, -0.25) is 4.79 Å². The molecule has 0 saturated heterocycles. The Balaban J connectivity index is 2.02. The molecule has 3 rings (SSSR count). The van der Waals surface area contributed by atoms with Crippen LogP contribution in [0, 0.1) is 5.82 Å². The number of carbonyl (C=O) groups excluding carboxylic acids is 1. The van der Waals surface area contributed by atoms with Gasteiger partial charge in [-0.2, -0.15) is 0 Å². The van der Waals surface area contributed by atoms with Crippen molar-refractivity contribution in [2.75, 3.05) is 5.32 Å². The summed E-state index contributed by atoms with van der Waals surface area (Å²) in [4.78, 5) is 11.0. The van der Waals surface area contributed by atoms with E-state index in [2.05, 4.69) is 37.2 Å². The standard InChI is InChI=1S/C14H10Br2FNO2/c15-13(8-3-4-20-14(8)16)9-5-7-1-2-12(19)18-11(7)6-10(9)17/h3-6,13H,1-2H2,(H,18,19). The Hall–Kier alpha value is -1.14. The molecule has 0 aliphatic carbocycles. The minimum atomic E-state index is -0.360. The Morgan fingerprint density at radius 2 is 2.10 bits per heavy atom. The Morgan fingerprint density at radius 3 is 2.80 bits per heavy atom. The van der Waals surface area contributed by atoms with Crippen molar-refractivity contribution in [3.05, 3.63) is 51.6 Å². The number of fused-ring (bicyclic) bond motifs is 1. The zero-order chi connectivity index (χ0) is 14.3. The molecule has 1 aliphatic rings. The van der Waals surface area contributed by atoms with Crippen LogP contribution in [0.4, 0.5) is 10.1 Å². The van der Waals surface area contributed by atoms with E-state index in [1.807, 2.05) is 0 Å². The van der Waals surface area contributed by atoms with Crippen LogP contribution in [0.2, 0.25) is 0 Å². The molecule has 0 spiro atoms. The lowest BCUT2D eigenvalue weighted by Crippen LogP contribution is -2.19. The highest BCUT2D eigenvalue weighted by atomic mass is 79.9. The van der Waals surface area contributed by atoms with Crippen molar-refractivity contribution in [2.45, 2.75) is 17.7 Å². The molecule has 0 fully saturated rings. The van der Waals surface area contributed by atoms with Crippen molar-refractivity contribution < 1.29 is 13.6 Å². The number of nitrogens with one attached hydrogen (secondary N) is 1. The highest BCUT2D eigenvalue weighted by Crippen LogP contribution is 2.39. The topological polar surface area (TPSA) is 42.2 Å². The summed E-state index contributed by atoms with van der Waals surface area (Å²) in [6.07, 6.45) is 2.60. The van der Waals surface area contributed by atoms with Gasteiger partial charge in [0.2, 0.25) is 5.91 Å². The fourth-order valence-electron chi connectivity index (χ4n) is 2.27. The van der Waals surface area contributed by atoms with Crippen LogP contribution in [0.15, 0.2) is 33.5 Å². The molecule has 3 nitrogen and oxygen atoms in total. The maximum atomic E-state index is 14.3. The average Bonchev–Trinajstić information content (AvgIpc) is 2.83. The third kappa shape index (κ3) is 2.42. The highest BCUT2D eigenvalue weighted by molar-refractivity contribution is 9.10. The summed E-state index contributed by atoms with van der Waals surface area (Å²) in [6.45, 7) is 0. The zero-order valence-electron chi connectivity index (χ0n) is 10.3. The number of halogens is 3. The number of benzene rings is 1. The molecule has 1 aliphatic heterocycles. The molecule has 0 bridgehead atoms. The SMILES string of the molecule is O=C1CCc2cc(C(Br)c3ccoc3Br)c(F)cc2N1. The van der Waals surface area contributed by atoms with Crippen molar-refractivity contribution >= 4 is 43.5 Å². The second kappa shape index (κ2) is 5.33. The van der Waals surface area contributed by atoms with Gasteiger partial charge in [0.15, 0.2) is 4.67 Å². The third-order valence-corrected chi connectivity index (χ3v) is 4.94. The molecular weight excluding hydrogens is 393 g/mol. The summed E-state index contributed by atoms with van der Waals surface area (Å²) in [7, 11) is 0. The largest absolute Gasteiger partial charge is 0.457 e. The van der Waals surface area contributed by atoms with E-state index in [0.29, 0.717) is 28.8 Å². The van der Waals surface area contributed by atoms with Gasteiger partial charge in [-0.05, 0) is 46.1 Å². The van der Waals surface area contributed by atoms with Gasteiger partial charge in [0, 0.05) is 23.2 Å². The molecule has 6 heteroatoms. The quantitative estimate of drug-likeness (QED) is 0.748. The zero-order valence-corrected chi connectivity index (χ0v) is 13.4. The van der Waals surface area contributed by atoms with Gasteiger partial charge in [0.25, 0.3) is 0 Å². The lowest BCUT2D eigenvalue weighted by Gasteiger charge is -2.20. The molecule has 1 unspecified atom stereocenters. The molecule has 2 aromatic rings. The van der Waals surface area contributed by atoms with Crippen LogP contribution in [0.5, 0.6) is 0 Å². The fraction of sp³-hybridized carbons (Fsp3) is 0.214. The molecule has 1 N–H and O–H groups in total. The van der Waals surface area contributed by atoms with E-state index in [1.165, 1.54) is 6.07 Å². The first-order valence-electron chi connectivity index (χ1n) is 6.05. The smallest absolute Gasteiger partial charge is 0.224 e. The van der Waals surface area contributed by atoms with Crippen molar-refractivity contribution in [3.8, 4) is 0 Å². The Kier molecular flexibility index (Phi) is 3.69. The number of aryl methyl sites for hydroxylation is 1. The summed E-state index contributed by atoms with van der Waals surface area (Å²) in [5.74, 6) is -0.432. The first-order valence-corrected chi connectivity index (χ1v) is 7.76. The monoisotopic (exact) mass is 401 g/mol.